The van der Waals surface area contributed by atoms with Crippen LogP contribution in [0.3, 0.4) is 0 Å². The van der Waals surface area contributed by atoms with Gasteiger partial charge in [0.05, 0.1) is 28.1 Å². The van der Waals surface area contributed by atoms with E-state index in [1.54, 1.807) is 17.0 Å². The number of nitro benzene ring substituents is 2. The summed E-state index contributed by atoms with van der Waals surface area (Å²) in [6.45, 7) is 1.97. The number of nitrogens with zero attached hydrogens (tertiary/aromatic N) is 4. The Morgan fingerprint density at radius 1 is 0.976 bits per heavy atom. The molecule has 2 saturated heterocycles. The molecule has 0 aliphatic carbocycles. The van der Waals surface area contributed by atoms with E-state index in [2.05, 4.69) is 5.32 Å². The highest BCUT2D eigenvalue weighted by atomic mass is 19.4. The fourth-order valence-electron chi connectivity index (χ4n) is 5.56. The molecular formula is C28H26F3N5O6. The van der Waals surface area contributed by atoms with Gasteiger partial charge in [0.2, 0.25) is 0 Å². The van der Waals surface area contributed by atoms with Crippen LogP contribution in [0.5, 0.6) is 0 Å². The van der Waals surface area contributed by atoms with Gasteiger partial charge in [0.15, 0.2) is 5.69 Å². The maximum absolute atomic E-state index is 13.8. The van der Waals surface area contributed by atoms with Gasteiger partial charge in [-0.2, -0.15) is 13.2 Å². The van der Waals surface area contributed by atoms with Crippen molar-refractivity contribution in [3.05, 3.63) is 104 Å². The minimum atomic E-state index is -5.02. The van der Waals surface area contributed by atoms with E-state index in [1.807, 2.05) is 49.4 Å². The molecule has 14 heteroatoms. The molecule has 5 rings (SSSR count). The molecule has 2 aliphatic heterocycles. The highest BCUT2D eigenvalue weighted by molar-refractivity contribution is 5.90. The van der Waals surface area contributed by atoms with Crippen LogP contribution in [0.25, 0.3) is 0 Å². The lowest BCUT2D eigenvalue weighted by molar-refractivity contribution is -0.393. The van der Waals surface area contributed by atoms with Gasteiger partial charge in [-0.1, -0.05) is 48.0 Å². The molecule has 0 bridgehead atoms. The minimum absolute atomic E-state index is 0.0527. The zero-order valence-electron chi connectivity index (χ0n) is 22.3. The molecule has 0 radical (unpaired) electrons. The average Bonchev–Trinajstić information content (AvgIpc) is 3.32. The van der Waals surface area contributed by atoms with Gasteiger partial charge >= 0.3 is 12.2 Å². The van der Waals surface area contributed by atoms with Crippen molar-refractivity contribution in [3.8, 4) is 0 Å². The van der Waals surface area contributed by atoms with Gasteiger partial charge in [0.1, 0.15) is 5.72 Å². The summed E-state index contributed by atoms with van der Waals surface area (Å²) in [7, 11) is 0. The molecule has 1 spiro atoms. The number of carbonyl (C=O) groups is 1. The van der Waals surface area contributed by atoms with Crippen molar-refractivity contribution in [2.24, 2.45) is 0 Å². The van der Waals surface area contributed by atoms with E-state index in [4.69, 9.17) is 4.74 Å². The molecule has 220 valence electrons. The Morgan fingerprint density at radius 3 is 2.07 bits per heavy atom. The standard InChI is InChI=1S/C28H26F3N5O6/c1-18-7-9-21(10-8-18)32-26(37)34-24(19-5-3-2-4-6-19)17-42-27(34)11-13-33(14-12-27)25-22(35(38)39)15-20(28(29,30)31)16-23(25)36(40)41/h2-10,15-16,24H,11-14,17H2,1H3,(H,32,37). The van der Waals surface area contributed by atoms with Crippen molar-refractivity contribution in [1.82, 2.24) is 4.90 Å². The van der Waals surface area contributed by atoms with E-state index in [1.165, 1.54) is 4.90 Å². The van der Waals surface area contributed by atoms with Gasteiger partial charge in [0.25, 0.3) is 11.4 Å². The quantitative estimate of drug-likeness (QED) is 0.270. The van der Waals surface area contributed by atoms with Gasteiger partial charge in [-0.3, -0.25) is 25.1 Å². The molecule has 1 unspecified atom stereocenters. The molecule has 3 aromatic carbocycles. The number of alkyl halides is 3. The number of hydrogen-bond acceptors (Lipinski definition) is 7. The molecule has 0 aromatic heterocycles. The normalized spacial score (nSPS) is 18.2. The number of halogens is 3. The second-order valence-electron chi connectivity index (χ2n) is 10.2. The molecule has 2 aliphatic rings. The number of ether oxygens (including phenoxy) is 1. The van der Waals surface area contributed by atoms with Crippen molar-refractivity contribution in [2.45, 2.75) is 37.7 Å². The summed E-state index contributed by atoms with van der Waals surface area (Å²) >= 11 is 0. The number of benzene rings is 3. The lowest BCUT2D eigenvalue weighted by Gasteiger charge is -2.45. The highest BCUT2D eigenvalue weighted by Gasteiger charge is 2.53. The molecule has 42 heavy (non-hydrogen) atoms. The first-order valence-electron chi connectivity index (χ1n) is 13.0. The number of nitro groups is 2. The summed E-state index contributed by atoms with van der Waals surface area (Å²) < 4.78 is 46.5. The second-order valence-corrected chi connectivity index (χ2v) is 10.2. The maximum Gasteiger partial charge on any atom is 0.416 e. The minimum Gasteiger partial charge on any atom is -0.360 e. The van der Waals surface area contributed by atoms with E-state index < -0.39 is 56.4 Å². The highest BCUT2D eigenvalue weighted by Crippen LogP contribution is 2.48. The fourth-order valence-corrected chi connectivity index (χ4v) is 5.56. The summed E-state index contributed by atoms with van der Waals surface area (Å²) in [4.78, 5) is 38.2. The topological polar surface area (TPSA) is 131 Å². The number of carbonyl (C=O) groups excluding carboxylic acids is 1. The predicted octanol–water partition coefficient (Wildman–Crippen LogP) is 6.43. The molecule has 0 saturated carbocycles. The van der Waals surface area contributed by atoms with Crippen molar-refractivity contribution in [3.63, 3.8) is 0 Å². The monoisotopic (exact) mass is 585 g/mol. The molecule has 1 atom stereocenters. The second kappa shape index (κ2) is 10.9. The third kappa shape index (κ3) is 5.44. The summed E-state index contributed by atoms with van der Waals surface area (Å²) in [6, 6.07) is 16.2. The Balaban J connectivity index is 1.48. The van der Waals surface area contributed by atoms with Crippen molar-refractivity contribution >= 4 is 28.8 Å². The first-order chi connectivity index (χ1) is 19.9. The zero-order chi connectivity index (χ0) is 30.2. The number of urea groups is 1. The van der Waals surface area contributed by atoms with Crippen LogP contribution in [0, 0.1) is 27.2 Å². The SMILES string of the molecule is Cc1ccc(NC(=O)N2C(c3ccccc3)COC23CCN(c2c([N+](=O)[O-])cc(C(F)(F)F)cc2[N+](=O)[O-])CC3)cc1. The third-order valence-electron chi connectivity index (χ3n) is 7.62. The number of amides is 2. The molecule has 2 heterocycles. The number of aryl methyl sites for hydroxylation is 1. The summed E-state index contributed by atoms with van der Waals surface area (Å²) in [6.07, 6.45) is -4.84. The van der Waals surface area contributed by atoms with Crippen LogP contribution in [0.15, 0.2) is 66.7 Å². The van der Waals surface area contributed by atoms with Gasteiger partial charge in [0, 0.05) is 43.8 Å². The molecule has 2 amide bonds. The van der Waals surface area contributed by atoms with Crippen molar-refractivity contribution in [2.75, 3.05) is 29.9 Å². The summed E-state index contributed by atoms with van der Waals surface area (Å²) in [5.41, 5.74) is -2.80. The average molecular weight is 586 g/mol. The molecule has 11 nitrogen and oxygen atoms in total. The molecular weight excluding hydrogens is 559 g/mol. The molecule has 3 aromatic rings. The first-order valence-corrected chi connectivity index (χ1v) is 13.0. The van der Waals surface area contributed by atoms with E-state index in [9.17, 15) is 38.2 Å². The smallest absolute Gasteiger partial charge is 0.360 e. The van der Waals surface area contributed by atoms with E-state index in [-0.39, 0.29) is 32.5 Å². The van der Waals surface area contributed by atoms with Gasteiger partial charge in [-0.15, -0.1) is 0 Å². The van der Waals surface area contributed by atoms with Gasteiger partial charge < -0.3 is 15.0 Å². The summed E-state index contributed by atoms with van der Waals surface area (Å²) in [5, 5.41) is 26.5. The van der Waals surface area contributed by atoms with Crippen LogP contribution < -0.4 is 10.2 Å². The van der Waals surface area contributed by atoms with Gasteiger partial charge in [-0.25, -0.2) is 4.79 Å². The van der Waals surface area contributed by atoms with Crippen LogP contribution >= 0.6 is 0 Å². The summed E-state index contributed by atoms with van der Waals surface area (Å²) in [5.74, 6) is 0. The number of rotatable bonds is 5. The zero-order valence-corrected chi connectivity index (χ0v) is 22.3. The third-order valence-corrected chi connectivity index (χ3v) is 7.62. The van der Waals surface area contributed by atoms with E-state index in [0.717, 1.165) is 11.1 Å². The lowest BCUT2D eigenvalue weighted by Crippen LogP contribution is -2.56. The number of anilines is 2. The Bertz CT molecular complexity index is 1470. The Kier molecular flexibility index (Phi) is 7.49. The van der Waals surface area contributed by atoms with Gasteiger partial charge in [-0.05, 0) is 24.6 Å². The van der Waals surface area contributed by atoms with Crippen LogP contribution in [0.2, 0.25) is 0 Å². The van der Waals surface area contributed by atoms with Crippen molar-refractivity contribution < 1.29 is 32.5 Å². The van der Waals surface area contributed by atoms with Crippen LogP contribution in [-0.2, 0) is 10.9 Å². The Morgan fingerprint density at radius 2 is 1.55 bits per heavy atom. The number of hydrogen-bond donors (Lipinski definition) is 1. The van der Waals surface area contributed by atoms with E-state index in [0.29, 0.717) is 17.8 Å². The number of nitrogens with one attached hydrogen (secondary N) is 1. The largest absolute Gasteiger partial charge is 0.416 e. The predicted molar refractivity (Wildman–Crippen MR) is 146 cm³/mol. The number of piperidine rings is 1. The Hall–Kier alpha value is -4.72. The maximum atomic E-state index is 13.8. The lowest BCUT2D eigenvalue weighted by atomic mass is 9.95. The van der Waals surface area contributed by atoms with E-state index >= 15 is 0 Å². The fraction of sp³-hybridized carbons (Fsp3) is 0.321. The van der Waals surface area contributed by atoms with Crippen molar-refractivity contribution in [1.29, 1.82) is 0 Å². The first kappa shape index (κ1) is 28.8. The molecule has 2 fully saturated rings. The van der Waals surface area contributed by atoms with Crippen LogP contribution in [-0.4, -0.2) is 46.2 Å². The van der Waals surface area contributed by atoms with Crippen LogP contribution in [0.4, 0.5) is 40.7 Å². The van der Waals surface area contributed by atoms with Crippen LogP contribution in [0.1, 0.15) is 35.6 Å². The molecule has 1 N–H and O–H groups in total. The Labute approximate surface area is 237 Å².